The number of halogens is 3. The Hall–Kier alpha value is -7.81. The molecule has 5 aromatic carbocycles. The summed E-state index contributed by atoms with van der Waals surface area (Å²) in [6, 6.07) is 31.0. The number of aromatic amines is 1. The molecule has 12 nitrogen and oxygen atoms in total. The first-order chi connectivity index (χ1) is 29.7. The van der Waals surface area contributed by atoms with Crippen molar-refractivity contribution >= 4 is 33.8 Å². The molecule has 0 bridgehead atoms. The lowest BCUT2D eigenvalue weighted by atomic mass is 10.0. The predicted molar refractivity (Wildman–Crippen MR) is 224 cm³/mol. The maximum atomic E-state index is 14.7. The van der Waals surface area contributed by atoms with Gasteiger partial charge in [-0.15, -0.1) is 5.10 Å². The molecule has 0 fully saturated rings. The number of anilines is 3. The first-order valence-corrected chi connectivity index (χ1v) is 19.6. The van der Waals surface area contributed by atoms with Crippen LogP contribution in [0.25, 0.3) is 45.2 Å². The molecule has 4 heterocycles. The topological polar surface area (TPSA) is 127 Å². The van der Waals surface area contributed by atoms with Crippen molar-refractivity contribution in [3.8, 4) is 34.2 Å². The van der Waals surface area contributed by atoms with E-state index < -0.39 is 11.7 Å². The molecule has 2 aliphatic heterocycles. The van der Waals surface area contributed by atoms with Gasteiger partial charge in [0.15, 0.2) is 17.4 Å². The molecular formula is C46H34F3N9O3. The van der Waals surface area contributed by atoms with E-state index in [1.807, 2.05) is 91.6 Å². The van der Waals surface area contributed by atoms with E-state index in [0.717, 1.165) is 12.1 Å². The van der Waals surface area contributed by atoms with Crippen molar-refractivity contribution < 1.29 is 22.6 Å². The minimum Gasteiger partial charge on any atom is -0.493 e. The van der Waals surface area contributed by atoms with E-state index in [0.29, 0.717) is 97.2 Å². The number of allylic oxidation sites excluding steroid dienone is 4. The number of H-pyrrole nitrogens is 1. The molecule has 2 aromatic heterocycles. The fraction of sp³-hybridized carbons (Fsp3) is 0.130. The van der Waals surface area contributed by atoms with Gasteiger partial charge >= 0.3 is 6.18 Å². The van der Waals surface area contributed by atoms with Gasteiger partial charge in [0, 0.05) is 16.4 Å². The second-order valence-corrected chi connectivity index (χ2v) is 14.2. The Morgan fingerprint density at radius 3 is 2.46 bits per heavy atom. The number of alkyl halides is 3. The Morgan fingerprint density at radius 2 is 1.64 bits per heavy atom. The van der Waals surface area contributed by atoms with Gasteiger partial charge in [-0.2, -0.15) is 13.2 Å². The molecule has 3 aliphatic rings. The Morgan fingerprint density at radius 1 is 0.820 bits per heavy atom. The van der Waals surface area contributed by atoms with Crippen molar-refractivity contribution in [2.24, 2.45) is 4.99 Å². The second-order valence-electron chi connectivity index (χ2n) is 14.2. The molecule has 0 amide bonds. The van der Waals surface area contributed by atoms with Crippen LogP contribution in [0.1, 0.15) is 25.8 Å². The highest BCUT2D eigenvalue weighted by atomic mass is 19.4. The molecular weight excluding hydrogens is 784 g/mol. The summed E-state index contributed by atoms with van der Waals surface area (Å²) in [5.74, 6) is 2.59. The van der Waals surface area contributed by atoms with Crippen molar-refractivity contribution in [2.45, 2.75) is 26.4 Å². The third-order valence-corrected chi connectivity index (χ3v) is 10.6. The second kappa shape index (κ2) is 14.8. The third kappa shape index (κ3) is 6.24. The smallest absolute Gasteiger partial charge is 0.416 e. The number of ether oxygens (including phenoxy) is 2. The van der Waals surface area contributed by atoms with Gasteiger partial charge < -0.3 is 9.47 Å². The zero-order valence-electron chi connectivity index (χ0n) is 32.7. The standard InChI is InChI=1S/C46H34F3N9O3/c1-3-60-39-22-10-7-17-32(39)42-50-34-19-8-5-15-30(34)44-57(36-24-23-28(46(47,48)49)26-38(36)58(42)44)37-21-12-18-33(40(37)61-4-2)43-51-35-20-9-6-16-31(35)45(59)56(43)29-14-11-13-27(25-29)41-52-54-55-53-41/h5-16,18-26H,3-4,17H2,1-2H3,(H,52,53,54,55). The number of hydrogen-bond donors (Lipinski definition) is 1. The lowest BCUT2D eigenvalue weighted by Crippen LogP contribution is -2.42. The van der Waals surface area contributed by atoms with Crippen LogP contribution in [0.2, 0.25) is 0 Å². The summed E-state index contributed by atoms with van der Waals surface area (Å²) >= 11 is 0. The highest BCUT2D eigenvalue weighted by Crippen LogP contribution is 2.54. The number of tetrazole rings is 1. The average Bonchev–Trinajstić information content (AvgIpc) is 3.94. The summed E-state index contributed by atoms with van der Waals surface area (Å²) in [6.07, 6.45) is 1.51. The molecule has 0 radical (unpaired) electrons. The maximum Gasteiger partial charge on any atom is 0.416 e. The van der Waals surface area contributed by atoms with Gasteiger partial charge in [-0.1, -0.05) is 54.6 Å². The fourth-order valence-electron chi connectivity index (χ4n) is 8.06. The van der Waals surface area contributed by atoms with Crippen LogP contribution in [0.15, 0.2) is 154 Å². The zero-order valence-corrected chi connectivity index (χ0v) is 32.7. The average molecular weight is 818 g/mol. The van der Waals surface area contributed by atoms with Crippen molar-refractivity contribution in [3.05, 3.63) is 171 Å². The number of nitrogens with zero attached hydrogens (tertiary/aromatic N) is 8. The molecule has 0 saturated heterocycles. The molecule has 10 rings (SSSR count). The van der Waals surface area contributed by atoms with Crippen LogP contribution >= 0.6 is 0 Å². The van der Waals surface area contributed by atoms with E-state index in [9.17, 15) is 18.0 Å². The Bertz CT molecular complexity index is 3190. The van der Waals surface area contributed by atoms with Crippen LogP contribution < -0.4 is 30.7 Å². The van der Waals surface area contributed by atoms with Gasteiger partial charge in [0.1, 0.15) is 17.4 Å². The Balaban J connectivity index is 1.27. The van der Waals surface area contributed by atoms with Gasteiger partial charge in [-0.25, -0.2) is 15.1 Å². The summed E-state index contributed by atoms with van der Waals surface area (Å²) in [5.41, 5.74) is 2.85. The Kier molecular flexibility index (Phi) is 9.08. The highest BCUT2D eigenvalue weighted by molar-refractivity contribution is 6.04. The van der Waals surface area contributed by atoms with Gasteiger partial charge in [0.05, 0.1) is 63.4 Å². The van der Waals surface area contributed by atoms with Crippen LogP contribution in [-0.4, -0.2) is 43.4 Å². The zero-order chi connectivity index (χ0) is 41.8. The van der Waals surface area contributed by atoms with Crippen molar-refractivity contribution in [3.63, 3.8) is 0 Å². The highest BCUT2D eigenvalue weighted by Gasteiger charge is 2.42. The molecule has 302 valence electrons. The van der Waals surface area contributed by atoms with E-state index in [2.05, 4.69) is 20.6 Å². The SMILES string of the molecule is CCOC1=CC=CCC1=C1N=c2ccccc2=C2N1c1cc(C(F)(F)F)ccc1N2c1cccc(-c2nc3ccccc3c(=O)n2-c2cccc(-c3nnn[nH]3)c2)c1OCC. The third-order valence-electron chi connectivity index (χ3n) is 10.6. The molecule has 0 saturated carbocycles. The maximum absolute atomic E-state index is 14.7. The summed E-state index contributed by atoms with van der Waals surface area (Å²) < 4.78 is 58.0. The molecule has 0 spiro atoms. The van der Waals surface area contributed by atoms with Gasteiger partial charge in [0.25, 0.3) is 5.56 Å². The van der Waals surface area contributed by atoms with E-state index in [1.54, 1.807) is 41.3 Å². The summed E-state index contributed by atoms with van der Waals surface area (Å²) in [6.45, 7) is 4.31. The number of benzene rings is 5. The molecule has 1 N–H and O–H groups in total. The first kappa shape index (κ1) is 37.5. The summed E-state index contributed by atoms with van der Waals surface area (Å²) in [7, 11) is 0. The van der Waals surface area contributed by atoms with Gasteiger partial charge in [-0.05, 0) is 104 Å². The van der Waals surface area contributed by atoms with Gasteiger partial charge in [0.2, 0.25) is 0 Å². The minimum atomic E-state index is -4.63. The fourth-order valence-corrected chi connectivity index (χ4v) is 8.06. The monoisotopic (exact) mass is 817 g/mol. The number of rotatable bonds is 8. The molecule has 0 atom stereocenters. The van der Waals surface area contributed by atoms with E-state index >= 15 is 0 Å². The number of para-hydroxylation sites is 3. The quantitative estimate of drug-likeness (QED) is 0.162. The Labute approximate surface area is 345 Å². The number of hydrogen-bond acceptors (Lipinski definition) is 10. The number of aromatic nitrogens is 6. The summed E-state index contributed by atoms with van der Waals surface area (Å²) in [5, 5.41) is 16.0. The van der Waals surface area contributed by atoms with E-state index in [1.165, 1.54) is 10.6 Å². The first-order valence-electron chi connectivity index (χ1n) is 19.6. The molecule has 61 heavy (non-hydrogen) atoms. The van der Waals surface area contributed by atoms with Crippen LogP contribution in [0.3, 0.4) is 0 Å². The summed E-state index contributed by atoms with van der Waals surface area (Å²) in [4.78, 5) is 28.6. The van der Waals surface area contributed by atoms with E-state index in [4.69, 9.17) is 19.5 Å². The molecule has 15 heteroatoms. The minimum absolute atomic E-state index is 0.207. The largest absolute Gasteiger partial charge is 0.493 e. The lowest BCUT2D eigenvalue weighted by molar-refractivity contribution is -0.137. The predicted octanol–water partition coefficient (Wildman–Crippen LogP) is 8.10. The van der Waals surface area contributed by atoms with Crippen LogP contribution in [0.5, 0.6) is 5.75 Å². The van der Waals surface area contributed by atoms with Crippen molar-refractivity contribution in [2.75, 3.05) is 23.0 Å². The van der Waals surface area contributed by atoms with Crippen molar-refractivity contribution in [1.29, 1.82) is 0 Å². The molecule has 1 aliphatic carbocycles. The number of nitrogens with one attached hydrogen (secondary N) is 1. The van der Waals surface area contributed by atoms with Crippen LogP contribution in [0.4, 0.5) is 30.2 Å². The van der Waals surface area contributed by atoms with Gasteiger partial charge in [-0.3, -0.25) is 19.2 Å². The lowest BCUT2D eigenvalue weighted by Gasteiger charge is -2.31. The van der Waals surface area contributed by atoms with Crippen molar-refractivity contribution in [1.82, 2.24) is 30.2 Å². The number of fused-ring (bicyclic) bond motifs is 5. The molecule has 7 aromatic rings. The van der Waals surface area contributed by atoms with E-state index in [-0.39, 0.29) is 23.7 Å². The normalized spacial score (nSPS) is 15.6. The molecule has 0 unspecified atom stereocenters. The van der Waals surface area contributed by atoms with Crippen LogP contribution in [-0.2, 0) is 10.9 Å². The van der Waals surface area contributed by atoms with Crippen LogP contribution in [0, 0.1) is 0 Å².